The third kappa shape index (κ3) is 4.64. The molecule has 32 heavy (non-hydrogen) atoms. The standard InChI is InChI=1S/C26H25FN2O3/c1-32-24-10-6-5-9-21(24)22-16-29(26(31)19-11-13-20(27)14-12-19)17-23(22)25(30)28-15-18-7-3-2-4-8-18/h2-14,22-23H,15-17H2,1H3,(H,28,30)/t22-,23+/m1/s1. The van der Waals surface area contributed by atoms with Crippen LogP contribution in [0.3, 0.4) is 0 Å². The molecule has 6 heteroatoms. The zero-order valence-electron chi connectivity index (χ0n) is 17.8. The van der Waals surface area contributed by atoms with Crippen LogP contribution in [-0.2, 0) is 11.3 Å². The number of benzene rings is 3. The Morgan fingerprint density at radius 1 is 0.969 bits per heavy atom. The van der Waals surface area contributed by atoms with Gasteiger partial charge in [-0.15, -0.1) is 0 Å². The maximum absolute atomic E-state index is 13.3. The van der Waals surface area contributed by atoms with Gasteiger partial charge >= 0.3 is 0 Å². The third-order valence-electron chi connectivity index (χ3n) is 5.88. The highest BCUT2D eigenvalue weighted by atomic mass is 19.1. The number of rotatable bonds is 6. The second-order valence-corrected chi connectivity index (χ2v) is 7.88. The molecular formula is C26H25FN2O3. The molecule has 4 rings (SSSR count). The lowest BCUT2D eigenvalue weighted by molar-refractivity contribution is -0.125. The van der Waals surface area contributed by atoms with E-state index in [9.17, 15) is 14.0 Å². The zero-order chi connectivity index (χ0) is 22.5. The highest BCUT2D eigenvalue weighted by Crippen LogP contribution is 2.38. The van der Waals surface area contributed by atoms with Crippen molar-refractivity contribution in [2.75, 3.05) is 20.2 Å². The molecule has 1 saturated heterocycles. The Hall–Kier alpha value is -3.67. The van der Waals surface area contributed by atoms with E-state index in [4.69, 9.17) is 4.74 Å². The van der Waals surface area contributed by atoms with Gasteiger partial charge in [0.25, 0.3) is 5.91 Å². The lowest BCUT2D eigenvalue weighted by Gasteiger charge is -2.20. The number of carbonyl (C=O) groups excluding carboxylic acids is 2. The minimum atomic E-state index is -0.431. The van der Waals surface area contributed by atoms with E-state index in [1.807, 2.05) is 54.6 Å². The highest BCUT2D eigenvalue weighted by Gasteiger charge is 2.41. The van der Waals surface area contributed by atoms with Gasteiger partial charge < -0.3 is 15.0 Å². The Kier molecular flexibility index (Phi) is 6.50. The molecule has 0 saturated carbocycles. The number of hydrogen-bond donors (Lipinski definition) is 1. The molecule has 3 aromatic carbocycles. The van der Waals surface area contributed by atoms with Crippen molar-refractivity contribution in [1.82, 2.24) is 10.2 Å². The molecule has 2 amide bonds. The predicted molar refractivity (Wildman–Crippen MR) is 120 cm³/mol. The van der Waals surface area contributed by atoms with Crippen molar-refractivity contribution in [3.63, 3.8) is 0 Å². The molecule has 2 atom stereocenters. The number of para-hydroxylation sites is 1. The average molecular weight is 432 g/mol. The quantitative estimate of drug-likeness (QED) is 0.640. The normalized spacial score (nSPS) is 17.8. The molecular weight excluding hydrogens is 407 g/mol. The van der Waals surface area contributed by atoms with Crippen LogP contribution in [0.25, 0.3) is 0 Å². The highest BCUT2D eigenvalue weighted by molar-refractivity contribution is 5.95. The molecule has 0 radical (unpaired) electrons. The Labute approximate surface area is 186 Å². The van der Waals surface area contributed by atoms with Gasteiger partial charge in [0.05, 0.1) is 13.0 Å². The van der Waals surface area contributed by atoms with Crippen LogP contribution in [0.1, 0.15) is 27.4 Å². The number of hydrogen-bond acceptors (Lipinski definition) is 3. The van der Waals surface area contributed by atoms with Gasteiger partial charge in [-0.3, -0.25) is 9.59 Å². The number of ether oxygens (including phenoxy) is 1. The van der Waals surface area contributed by atoms with E-state index < -0.39 is 11.7 Å². The summed E-state index contributed by atoms with van der Waals surface area (Å²) in [6, 6.07) is 22.8. The Morgan fingerprint density at radius 2 is 1.66 bits per heavy atom. The fourth-order valence-electron chi connectivity index (χ4n) is 4.21. The van der Waals surface area contributed by atoms with Gasteiger partial charge in [-0.1, -0.05) is 48.5 Å². The summed E-state index contributed by atoms with van der Waals surface area (Å²) in [6.45, 7) is 1.07. The van der Waals surface area contributed by atoms with Crippen molar-refractivity contribution in [3.05, 3.63) is 101 Å². The molecule has 0 unspecified atom stereocenters. The fourth-order valence-corrected chi connectivity index (χ4v) is 4.21. The second kappa shape index (κ2) is 9.64. The van der Waals surface area contributed by atoms with Crippen LogP contribution in [0.5, 0.6) is 5.75 Å². The van der Waals surface area contributed by atoms with Crippen molar-refractivity contribution in [1.29, 1.82) is 0 Å². The Morgan fingerprint density at radius 3 is 2.38 bits per heavy atom. The molecule has 0 aromatic heterocycles. The zero-order valence-corrected chi connectivity index (χ0v) is 17.8. The summed E-state index contributed by atoms with van der Waals surface area (Å²) >= 11 is 0. The number of carbonyl (C=O) groups is 2. The monoisotopic (exact) mass is 432 g/mol. The van der Waals surface area contributed by atoms with Crippen molar-refractivity contribution in [2.45, 2.75) is 12.5 Å². The smallest absolute Gasteiger partial charge is 0.253 e. The molecule has 1 fully saturated rings. The van der Waals surface area contributed by atoms with Crippen molar-refractivity contribution in [2.24, 2.45) is 5.92 Å². The van der Waals surface area contributed by atoms with Gasteiger partial charge in [0, 0.05) is 31.1 Å². The van der Waals surface area contributed by atoms with Crippen LogP contribution in [0, 0.1) is 11.7 Å². The first-order chi connectivity index (χ1) is 15.6. The van der Waals surface area contributed by atoms with E-state index in [1.165, 1.54) is 24.3 Å². The first kappa shape index (κ1) is 21.6. The molecule has 1 aliphatic heterocycles. The summed E-state index contributed by atoms with van der Waals surface area (Å²) in [6.07, 6.45) is 0. The maximum Gasteiger partial charge on any atom is 0.253 e. The summed E-state index contributed by atoms with van der Waals surface area (Å²) in [5, 5.41) is 3.02. The van der Waals surface area contributed by atoms with Gasteiger partial charge in [0.15, 0.2) is 0 Å². The van der Waals surface area contributed by atoms with E-state index in [-0.39, 0.29) is 24.3 Å². The molecule has 1 aliphatic rings. The molecule has 3 aromatic rings. The topological polar surface area (TPSA) is 58.6 Å². The van der Waals surface area contributed by atoms with Crippen molar-refractivity contribution >= 4 is 11.8 Å². The molecule has 164 valence electrons. The third-order valence-corrected chi connectivity index (χ3v) is 5.88. The van der Waals surface area contributed by atoms with E-state index in [0.717, 1.165) is 11.1 Å². The minimum Gasteiger partial charge on any atom is -0.496 e. The lowest BCUT2D eigenvalue weighted by Crippen LogP contribution is -2.35. The van der Waals surface area contributed by atoms with Crippen molar-refractivity contribution in [3.8, 4) is 5.75 Å². The fraction of sp³-hybridized carbons (Fsp3) is 0.231. The van der Waals surface area contributed by atoms with Gasteiger partial charge in [-0.05, 0) is 41.5 Å². The number of likely N-dealkylation sites (tertiary alicyclic amines) is 1. The number of nitrogens with zero attached hydrogens (tertiary/aromatic N) is 1. The maximum atomic E-state index is 13.3. The summed E-state index contributed by atoms with van der Waals surface area (Å²) in [5.74, 6) is -0.685. The number of halogens is 1. The van der Waals surface area contributed by atoms with Gasteiger partial charge in [-0.2, -0.15) is 0 Å². The predicted octanol–water partition coefficient (Wildman–Crippen LogP) is 4.01. The average Bonchev–Trinajstić information content (AvgIpc) is 3.28. The number of methoxy groups -OCH3 is 1. The summed E-state index contributed by atoms with van der Waals surface area (Å²) in [7, 11) is 1.60. The lowest BCUT2D eigenvalue weighted by atomic mass is 9.87. The Bertz CT molecular complexity index is 1090. The summed E-state index contributed by atoms with van der Waals surface area (Å²) in [5.41, 5.74) is 2.30. The second-order valence-electron chi connectivity index (χ2n) is 7.88. The first-order valence-corrected chi connectivity index (χ1v) is 10.6. The van der Waals surface area contributed by atoms with Crippen LogP contribution in [0.15, 0.2) is 78.9 Å². The van der Waals surface area contributed by atoms with Gasteiger partial charge in [-0.25, -0.2) is 4.39 Å². The number of amides is 2. The summed E-state index contributed by atoms with van der Waals surface area (Å²) < 4.78 is 18.8. The van der Waals surface area contributed by atoms with E-state index in [1.54, 1.807) is 12.0 Å². The first-order valence-electron chi connectivity index (χ1n) is 10.6. The van der Waals surface area contributed by atoms with E-state index >= 15 is 0 Å². The van der Waals surface area contributed by atoms with E-state index in [0.29, 0.717) is 24.4 Å². The van der Waals surface area contributed by atoms with Crippen LogP contribution >= 0.6 is 0 Å². The molecule has 0 aliphatic carbocycles. The summed E-state index contributed by atoms with van der Waals surface area (Å²) in [4.78, 5) is 28.0. The van der Waals surface area contributed by atoms with Gasteiger partial charge in [0.1, 0.15) is 11.6 Å². The van der Waals surface area contributed by atoms with Crippen LogP contribution in [0.2, 0.25) is 0 Å². The number of nitrogens with one attached hydrogen (secondary N) is 1. The van der Waals surface area contributed by atoms with Crippen LogP contribution in [0.4, 0.5) is 4.39 Å². The molecule has 0 spiro atoms. The van der Waals surface area contributed by atoms with E-state index in [2.05, 4.69) is 5.32 Å². The Balaban J connectivity index is 1.58. The molecule has 1 N–H and O–H groups in total. The molecule has 0 bridgehead atoms. The molecule has 5 nitrogen and oxygen atoms in total. The van der Waals surface area contributed by atoms with Crippen LogP contribution in [-0.4, -0.2) is 36.9 Å². The van der Waals surface area contributed by atoms with Crippen LogP contribution < -0.4 is 10.1 Å². The minimum absolute atomic E-state index is 0.112. The SMILES string of the molecule is COc1ccccc1[C@H]1CN(C(=O)c2ccc(F)cc2)C[C@@H]1C(=O)NCc1ccccc1. The largest absolute Gasteiger partial charge is 0.496 e. The van der Waals surface area contributed by atoms with Gasteiger partial charge in [0.2, 0.25) is 5.91 Å². The van der Waals surface area contributed by atoms with Crippen molar-refractivity contribution < 1.29 is 18.7 Å². The molecule has 1 heterocycles.